The molecule has 136 valence electrons. The Morgan fingerprint density at radius 2 is 2.23 bits per heavy atom. The number of carbonyl (C=O) groups is 1. The van der Waals surface area contributed by atoms with E-state index in [1.165, 1.54) is 0 Å². The molecule has 0 aliphatic carbocycles. The molecule has 1 amide bonds. The monoisotopic (exact) mass is 372 g/mol. The van der Waals surface area contributed by atoms with Gasteiger partial charge in [-0.1, -0.05) is 30.7 Å². The minimum absolute atomic E-state index is 0.138. The van der Waals surface area contributed by atoms with E-state index in [0.29, 0.717) is 30.5 Å². The van der Waals surface area contributed by atoms with Crippen LogP contribution in [0.2, 0.25) is 5.02 Å². The number of hydrogen-bond acceptors (Lipinski definition) is 4. The minimum atomic E-state index is -0.168. The maximum absolute atomic E-state index is 12.3. The minimum Gasteiger partial charge on any atom is -0.332 e. The van der Waals surface area contributed by atoms with Crippen LogP contribution in [0.1, 0.15) is 31.7 Å². The van der Waals surface area contributed by atoms with E-state index in [-0.39, 0.29) is 11.9 Å². The Hall–Kier alpha value is -2.59. The van der Waals surface area contributed by atoms with Crippen molar-refractivity contribution in [1.82, 2.24) is 15.2 Å². The van der Waals surface area contributed by atoms with Crippen LogP contribution < -0.4 is 5.32 Å². The normalized spacial score (nSPS) is 20.3. The van der Waals surface area contributed by atoms with Crippen molar-refractivity contribution in [3.05, 3.63) is 34.9 Å². The third-order valence-corrected chi connectivity index (χ3v) is 4.67. The summed E-state index contributed by atoms with van der Waals surface area (Å²) in [5, 5.41) is 18.7. The van der Waals surface area contributed by atoms with E-state index in [0.717, 1.165) is 30.7 Å². The number of hydrazone groups is 1. The highest BCUT2D eigenvalue weighted by molar-refractivity contribution is 6.30. The van der Waals surface area contributed by atoms with Crippen LogP contribution in [0.3, 0.4) is 0 Å². The molecular weight excluding hydrogens is 352 g/mol. The third kappa shape index (κ3) is 3.81. The van der Waals surface area contributed by atoms with E-state index in [2.05, 4.69) is 15.4 Å². The Bertz CT molecular complexity index is 767. The molecule has 1 fully saturated rings. The molecule has 2 aliphatic rings. The molecule has 0 bridgehead atoms. The largest absolute Gasteiger partial charge is 0.332 e. The number of guanidine groups is 1. The molecule has 8 heteroatoms. The number of likely N-dealkylation sites (tertiary alicyclic amines) is 1. The van der Waals surface area contributed by atoms with Crippen LogP contribution in [0.15, 0.2) is 34.4 Å². The number of nitrogens with one attached hydrogen (secondary N) is 1. The number of amides is 1. The molecule has 26 heavy (non-hydrogen) atoms. The van der Waals surface area contributed by atoms with Gasteiger partial charge in [0.05, 0.1) is 18.3 Å². The van der Waals surface area contributed by atoms with Crippen molar-refractivity contribution in [3.8, 4) is 6.19 Å². The number of carbonyl (C=O) groups excluding carboxylic acids is 1. The number of aliphatic imine (C=N–C) groups is 1. The first kappa shape index (κ1) is 18.2. The molecular formula is C18H21ClN6O. The zero-order valence-electron chi connectivity index (χ0n) is 14.7. The van der Waals surface area contributed by atoms with Crippen LogP contribution in [-0.2, 0) is 4.79 Å². The van der Waals surface area contributed by atoms with E-state index in [9.17, 15) is 4.79 Å². The lowest BCUT2D eigenvalue weighted by Crippen LogP contribution is -2.45. The van der Waals surface area contributed by atoms with Crippen LogP contribution >= 0.6 is 11.6 Å². The van der Waals surface area contributed by atoms with Gasteiger partial charge in [-0.3, -0.25) is 15.1 Å². The molecule has 1 saturated heterocycles. The second-order valence-corrected chi connectivity index (χ2v) is 6.66. The molecule has 1 aromatic rings. The molecule has 1 unspecified atom stereocenters. The van der Waals surface area contributed by atoms with E-state index >= 15 is 0 Å². The molecule has 3 rings (SSSR count). The van der Waals surface area contributed by atoms with Gasteiger partial charge in [0.25, 0.3) is 0 Å². The zero-order chi connectivity index (χ0) is 18.5. The second kappa shape index (κ2) is 8.19. The summed E-state index contributed by atoms with van der Waals surface area (Å²) in [5.74, 6) is 0.550. The van der Waals surface area contributed by atoms with Gasteiger partial charge in [0, 0.05) is 30.1 Å². The van der Waals surface area contributed by atoms with E-state index in [1.54, 1.807) is 5.01 Å². The molecule has 1 aromatic carbocycles. The summed E-state index contributed by atoms with van der Waals surface area (Å²) in [6.07, 6.45) is 4.21. The average Bonchev–Trinajstić information content (AvgIpc) is 3.25. The summed E-state index contributed by atoms with van der Waals surface area (Å²) in [6, 6.07) is 7.26. The van der Waals surface area contributed by atoms with Crippen molar-refractivity contribution in [3.63, 3.8) is 0 Å². The summed E-state index contributed by atoms with van der Waals surface area (Å²) in [4.78, 5) is 18.6. The molecule has 0 radical (unpaired) electrons. The fourth-order valence-electron chi connectivity index (χ4n) is 3.19. The molecule has 0 saturated carbocycles. The predicted molar refractivity (Wildman–Crippen MR) is 101 cm³/mol. The van der Waals surface area contributed by atoms with Gasteiger partial charge in [0.15, 0.2) is 6.19 Å². The first-order valence-corrected chi connectivity index (χ1v) is 9.12. The molecule has 1 atom stereocenters. The smallest absolute Gasteiger partial charge is 0.228 e. The Kier molecular flexibility index (Phi) is 5.74. The van der Waals surface area contributed by atoms with Gasteiger partial charge < -0.3 is 4.90 Å². The first-order chi connectivity index (χ1) is 12.6. The lowest BCUT2D eigenvalue weighted by molar-refractivity contribution is -0.128. The van der Waals surface area contributed by atoms with Crippen LogP contribution in [-0.4, -0.2) is 53.2 Å². The second-order valence-electron chi connectivity index (χ2n) is 6.22. The quantitative estimate of drug-likeness (QED) is 0.380. The van der Waals surface area contributed by atoms with Gasteiger partial charge in [-0.2, -0.15) is 10.4 Å². The van der Waals surface area contributed by atoms with Crippen molar-refractivity contribution in [2.24, 2.45) is 10.1 Å². The summed E-state index contributed by atoms with van der Waals surface area (Å²) >= 11 is 6.00. The van der Waals surface area contributed by atoms with Crippen molar-refractivity contribution < 1.29 is 4.79 Å². The molecule has 2 heterocycles. The van der Waals surface area contributed by atoms with Gasteiger partial charge in [0.1, 0.15) is 0 Å². The van der Waals surface area contributed by atoms with Crippen molar-refractivity contribution >= 4 is 29.2 Å². The maximum atomic E-state index is 12.3. The number of halogens is 1. The Labute approximate surface area is 157 Å². The Morgan fingerprint density at radius 3 is 2.85 bits per heavy atom. The molecule has 0 spiro atoms. The highest BCUT2D eigenvalue weighted by Crippen LogP contribution is 2.24. The number of nitriles is 1. The maximum Gasteiger partial charge on any atom is 0.228 e. The lowest BCUT2D eigenvalue weighted by atomic mass is 10.0. The Morgan fingerprint density at radius 1 is 1.46 bits per heavy atom. The molecule has 0 aromatic heterocycles. The summed E-state index contributed by atoms with van der Waals surface area (Å²) < 4.78 is 0. The standard InChI is InChI=1S/C18H21ClN6O/c1-2-9-21-18(22-12-20)25-11-15(24-10-3-4-16(24)26)17(23-25)13-5-7-14(19)8-6-13/h5-8,15H,2-4,9-11H2,1H3,(H,21,22). The summed E-state index contributed by atoms with van der Waals surface area (Å²) in [7, 11) is 0. The fraction of sp³-hybridized carbons (Fsp3) is 0.444. The molecule has 1 N–H and O–H groups in total. The summed E-state index contributed by atoms with van der Waals surface area (Å²) in [5.41, 5.74) is 1.70. The van der Waals surface area contributed by atoms with E-state index in [1.807, 2.05) is 42.3 Å². The van der Waals surface area contributed by atoms with Crippen LogP contribution in [0.25, 0.3) is 0 Å². The van der Waals surface area contributed by atoms with Crippen molar-refractivity contribution in [2.75, 3.05) is 19.6 Å². The number of benzene rings is 1. The predicted octanol–water partition coefficient (Wildman–Crippen LogP) is 2.19. The lowest BCUT2D eigenvalue weighted by Gasteiger charge is -2.25. The van der Waals surface area contributed by atoms with Gasteiger partial charge in [-0.25, -0.2) is 5.01 Å². The first-order valence-electron chi connectivity index (χ1n) is 8.75. The Balaban J connectivity index is 1.94. The van der Waals surface area contributed by atoms with Crippen molar-refractivity contribution in [1.29, 1.82) is 5.26 Å². The third-order valence-electron chi connectivity index (χ3n) is 4.41. The van der Waals surface area contributed by atoms with Gasteiger partial charge in [-0.05, 0) is 25.0 Å². The fourth-order valence-corrected chi connectivity index (χ4v) is 3.32. The highest BCUT2D eigenvalue weighted by Gasteiger charge is 2.38. The number of nitrogens with zero attached hydrogens (tertiary/aromatic N) is 5. The molecule has 2 aliphatic heterocycles. The van der Waals surface area contributed by atoms with Crippen LogP contribution in [0.4, 0.5) is 0 Å². The van der Waals surface area contributed by atoms with Gasteiger partial charge >= 0.3 is 0 Å². The number of rotatable bonds is 4. The van der Waals surface area contributed by atoms with Gasteiger partial charge in [0.2, 0.25) is 11.9 Å². The van der Waals surface area contributed by atoms with Gasteiger partial charge in [-0.15, -0.1) is 0 Å². The van der Waals surface area contributed by atoms with E-state index in [4.69, 9.17) is 16.9 Å². The van der Waals surface area contributed by atoms with Crippen molar-refractivity contribution in [2.45, 2.75) is 32.2 Å². The zero-order valence-corrected chi connectivity index (χ0v) is 15.4. The summed E-state index contributed by atoms with van der Waals surface area (Å²) in [6.45, 7) is 3.81. The topological polar surface area (TPSA) is 84.1 Å². The van der Waals surface area contributed by atoms with Crippen LogP contribution in [0, 0.1) is 11.5 Å². The average molecular weight is 373 g/mol. The van der Waals surface area contributed by atoms with E-state index < -0.39 is 0 Å². The SMILES string of the molecule is CCCN=C(NC#N)N1CC(N2CCCC2=O)C(c2ccc(Cl)cc2)=N1. The highest BCUT2D eigenvalue weighted by atomic mass is 35.5. The van der Waals surface area contributed by atoms with Crippen LogP contribution in [0.5, 0.6) is 0 Å². The molecule has 7 nitrogen and oxygen atoms in total. The number of hydrogen-bond donors (Lipinski definition) is 1.